The van der Waals surface area contributed by atoms with Gasteiger partial charge in [-0.25, -0.2) is 0 Å². The largest absolute Gasteiger partial charge is 0.0991 e. The Hall–Kier alpha value is -1.30. The van der Waals surface area contributed by atoms with Gasteiger partial charge in [-0.15, -0.1) is 0 Å². The average molecular weight is 174 g/mol. The first kappa shape index (κ1) is 11.7. The Kier molecular flexibility index (Phi) is 6.62. The molecule has 0 aromatic rings. The highest BCUT2D eigenvalue weighted by molar-refractivity contribution is 5.42. The first-order valence-electron chi connectivity index (χ1n) is 4.57. The second kappa shape index (κ2) is 7.35. The molecule has 0 aromatic carbocycles. The van der Waals surface area contributed by atoms with Crippen LogP contribution >= 0.6 is 0 Å². The lowest BCUT2D eigenvalue weighted by Crippen LogP contribution is -1.83. The third-order valence-corrected chi connectivity index (χ3v) is 1.76. The molecule has 0 aliphatic carbocycles. The van der Waals surface area contributed by atoms with Gasteiger partial charge in [0, 0.05) is 0 Å². The van der Waals surface area contributed by atoms with Gasteiger partial charge in [-0.05, 0) is 24.5 Å². The molecule has 0 saturated heterocycles. The lowest BCUT2D eigenvalue weighted by molar-refractivity contribution is 1.12. The molecular weight excluding hydrogens is 156 g/mol. The molecule has 13 heavy (non-hydrogen) atoms. The fourth-order valence-corrected chi connectivity index (χ4v) is 1.07. The van der Waals surface area contributed by atoms with Crippen LogP contribution in [0.3, 0.4) is 0 Å². The number of hydrogen-bond donors (Lipinski definition) is 0. The molecule has 0 spiro atoms. The summed E-state index contributed by atoms with van der Waals surface area (Å²) in [6.07, 6.45) is 12.8. The molecule has 0 amide bonds. The molecule has 0 N–H and O–H groups in total. The van der Waals surface area contributed by atoms with E-state index in [4.69, 9.17) is 0 Å². The molecule has 0 atom stereocenters. The molecule has 0 bridgehead atoms. The number of hydrogen-bond acceptors (Lipinski definition) is 0. The molecule has 0 aromatic heterocycles. The predicted molar refractivity (Wildman–Crippen MR) is 61.7 cm³/mol. The number of allylic oxidation sites excluding steroid dienone is 8. The van der Waals surface area contributed by atoms with E-state index >= 15 is 0 Å². The number of rotatable bonds is 5. The Bertz CT molecular complexity index is 249. The first-order valence-corrected chi connectivity index (χ1v) is 4.57. The minimum absolute atomic E-state index is 1.00. The van der Waals surface area contributed by atoms with Gasteiger partial charge in [-0.3, -0.25) is 0 Å². The lowest BCUT2D eigenvalue weighted by atomic mass is 10.0. The van der Waals surface area contributed by atoms with Gasteiger partial charge in [0.1, 0.15) is 0 Å². The molecule has 70 valence electrons. The molecule has 0 unspecified atom stereocenters. The summed E-state index contributed by atoms with van der Waals surface area (Å²) in [6, 6.07) is 0. The van der Waals surface area contributed by atoms with Crippen molar-refractivity contribution < 1.29 is 0 Å². The van der Waals surface area contributed by atoms with Crippen molar-refractivity contribution in [2.45, 2.75) is 20.3 Å². The summed E-state index contributed by atoms with van der Waals surface area (Å²) < 4.78 is 0. The van der Waals surface area contributed by atoms with Gasteiger partial charge in [0.15, 0.2) is 0 Å². The van der Waals surface area contributed by atoms with E-state index in [1.807, 2.05) is 37.3 Å². The molecule has 0 rings (SSSR count). The predicted octanol–water partition coefficient (Wildman–Crippen LogP) is 4.20. The van der Waals surface area contributed by atoms with Crippen LogP contribution < -0.4 is 0 Å². The van der Waals surface area contributed by atoms with Crippen LogP contribution in [-0.4, -0.2) is 0 Å². The monoisotopic (exact) mass is 174 g/mol. The highest BCUT2D eigenvalue weighted by atomic mass is 14.0. The molecule has 0 saturated carbocycles. The maximum Gasteiger partial charge on any atom is -0.0231 e. The smallest absolute Gasteiger partial charge is 0.0231 e. The van der Waals surface area contributed by atoms with Crippen molar-refractivity contribution in [2.75, 3.05) is 0 Å². The Morgan fingerprint density at radius 2 is 1.92 bits per heavy atom. The summed E-state index contributed by atoms with van der Waals surface area (Å²) in [7, 11) is 0. The Labute approximate surface area is 81.7 Å². The van der Waals surface area contributed by atoms with Gasteiger partial charge in [-0.1, -0.05) is 56.5 Å². The van der Waals surface area contributed by atoms with Gasteiger partial charge in [0.05, 0.1) is 0 Å². The quantitative estimate of drug-likeness (QED) is 0.548. The summed E-state index contributed by atoms with van der Waals surface area (Å²) in [5.41, 5.74) is 2.43. The summed E-state index contributed by atoms with van der Waals surface area (Å²) in [5, 5.41) is 0. The van der Waals surface area contributed by atoms with E-state index in [0.29, 0.717) is 0 Å². The SMILES string of the molecule is C=C/C=C(CC)/C(C=C)=C/C=C\C. The molecule has 0 heterocycles. The van der Waals surface area contributed by atoms with Crippen LogP contribution in [0.4, 0.5) is 0 Å². The minimum atomic E-state index is 1.00. The molecule has 0 heteroatoms. The van der Waals surface area contributed by atoms with E-state index in [0.717, 1.165) is 6.42 Å². The first-order chi connectivity index (χ1) is 6.29. The van der Waals surface area contributed by atoms with E-state index < -0.39 is 0 Å². The van der Waals surface area contributed by atoms with E-state index in [-0.39, 0.29) is 0 Å². The van der Waals surface area contributed by atoms with Crippen LogP contribution in [0.5, 0.6) is 0 Å². The van der Waals surface area contributed by atoms with Crippen molar-refractivity contribution in [1.29, 1.82) is 0 Å². The van der Waals surface area contributed by atoms with Crippen LogP contribution in [-0.2, 0) is 0 Å². The van der Waals surface area contributed by atoms with Crippen molar-refractivity contribution in [2.24, 2.45) is 0 Å². The highest BCUT2D eigenvalue weighted by Crippen LogP contribution is 2.14. The summed E-state index contributed by atoms with van der Waals surface area (Å²) in [4.78, 5) is 0. The van der Waals surface area contributed by atoms with Crippen LogP contribution in [0, 0.1) is 0 Å². The summed E-state index contributed by atoms with van der Waals surface area (Å²) in [6.45, 7) is 11.6. The normalized spacial score (nSPS) is 13.4. The van der Waals surface area contributed by atoms with Gasteiger partial charge in [-0.2, -0.15) is 0 Å². The van der Waals surface area contributed by atoms with Crippen molar-refractivity contribution in [1.82, 2.24) is 0 Å². The van der Waals surface area contributed by atoms with Crippen LogP contribution in [0.25, 0.3) is 0 Å². The van der Waals surface area contributed by atoms with Crippen molar-refractivity contribution in [3.05, 3.63) is 60.8 Å². The highest BCUT2D eigenvalue weighted by Gasteiger charge is 1.95. The Morgan fingerprint density at radius 1 is 1.23 bits per heavy atom. The van der Waals surface area contributed by atoms with E-state index in [1.54, 1.807) is 0 Å². The van der Waals surface area contributed by atoms with Gasteiger partial charge < -0.3 is 0 Å². The second-order valence-corrected chi connectivity index (χ2v) is 2.63. The lowest BCUT2D eigenvalue weighted by Gasteiger charge is -2.03. The molecule has 0 fully saturated rings. The topological polar surface area (TPSA) is 0 Å². The zero-order chi connectivity index (χ0) is 10.1. The molecule has 0 nitrogen and oxygen atoms in total. The molecule has 0 aliphatic heterocycles. The second-order valence-electron chi connectivity index (χ2n) is 2.63. The maximum atomic E-state index is 3.79. The third kappa shape index (κ3) is 4.32. The van der Waals surface area contributed by atoms with Crippen molar-refractivity contribution in [3.63, 3.8) is 0 Å². The average Bonchev–Trinajstić information content (AvgIpc) is 2.17. The third-order valence-electron chi connectivity index (χ3n) is 1.76. The minimum Gasteiger partial charge on any atom is -0.0991 e. The van der Waals surface area contributed by atoms with E-state index in [1.165, 1.54) is 11.1 Å². The fourth-order valence-electron chi connectivity index (χ4n) is 1.07. The molecular formula is C13H18. The zero-order valence-corrected chi connectivity index (χ0v) is 8.59. The Morgan fingerprint density at radius 3 is 2.31 bits per heavy atom. The summed E-state index contributed by atoms with van der Waals surface area (Å²) >= 11 is 0. The van der Waals surface area contributed by atoms with Crippen LogP contribution in [0.15, 0.2) is 60.8 Å². The van der Waals surface area contributed by atoms with Gasteiger partial charge >= 0.3 is 0 Å². The molecule has 0 aliphatic rings. The Balaban J connectivity index is 4.82. The van der Waals surface area contributed by atoms with Crippen molar-refractivity contribution in [3.8, 4) is 0 Å². The van der Waals surface area contributed by atoms with E-state index in [9.17, 15) is 0 Å². The van der Waals surface area contributed by atoms with Gasteiger partial charge in [0.25, 0.3) is 0 Å². The van der Waals surface area contributed by atoms with Crippen LogP contribution in [0.1, 0.15) is 20.3 Å². The van der Waals surface area contributed by atoms with Crippen LogP contribution in [0.2, 0.25) is 0 Å². The summed E-state index contributed by atoms with van der Waals surface area (Å²) in [5.74, 6) is 0. The molecule has 0 radical (unpaired) electrons. The fraction of sp³-hybridized carbons (Fsp3) is 0.231. The van der Waals surface area contributed by atoms with Crippen molar-refractivity contribution >= 4 is 0 Å². The standard InChI is InChI=1S/C13H18/c1-5-9-11-13(8-4)12(7-3)10-6-2/h5-6,8-11H,2,4,7H2,1,3H3/b9-5-,12-10+,13-11+. The van der Waals surface area contributed by atoms with E-state index in [2.05, 4.69) is 26.2 Å². The zero-order valence-electron chi connectivity index (χ0n) is 8.59. The van der Waals surface area contributed by atoms with Gasteiger partial charge in [0.2, 0.25) is 0 Å². The maximum absolute atomic E-state index is 3.79.